The highest BCUT2D eigenvalue weighted by Gasteiger charge is 2.67. The predicted molar refractivity (Wildman–Crippen MR) is 155 cm³/mol. The number of aliphatic hydroxyl groups is 1. The maximum atomic E-state index is 12.9. The van der Waals surface area contributed by atoms with Crippen LogP contribution in [0.3, 0.4) is 0 Å². The number of ketones is 1. The third kappa shape index (κ3) is 4.88. The molecule has 9 unspecified atom stereocenters. The highest BCUT2D eigenvalue weighted by atomic mass is 16.6. The zero-order valence-electron chi connectivity index (χ0n) is 26.7. The van der Waals surface area contributed by atoms with Crippen molar-refractivity contribution >= 4 is 17.7 Å². The largest absolute Gasteiger partial charge is 0.462 e. The van der Waals surface area contributed by atoms with Crippen molar-refractivity contribution in [3.05, 3.63) is 11.6 Å². The van der Waals surface area contributed by atoms with Gasteiger partial charge in [-0.3, -0.25) is 14.4 Å². The lowest BCUT2D eigenvalue weighted by Gasteiger charge is -2.65. The number of carbonyl (C=O) groups is 3. The fourth-order valence-electron chi connectivity index (χ4n) is 10.1. The van der Waals surface area contributed by atoms with Gasteiger partial charge in [0.1, 0.15) is 18.0 Å². The van der Waals surface area contributed by atoms with Crippen LogP contribution >= 0.6 is 0 Å². The highest BCUT2D eigenvalue weighted by Crippen LogP contribution is 2.74. The van der Waals surface area contributed by atoms with Crippen LogP contribution in [0.25, 0.3) is 0 Å². The van der Waals surface area contributed by atoms with E-state index in [2.05, 4.69) is 47.6 Å². The van der Waals surface area contributed by atoms with Crippen molar-refractivity contribution in [3.63, 3.8) is 0 Å². The van der Waals surface area contributed by atoms with Crippen LogP contribution in [0.2, 0.25) is 0 Å². The van der Waals surface area contributed by atoms with Crippen molar-refractivity contribution in [1.82, 2.24) is 0 Å². The first-order valence-corrected chi connectivity index (χ1v) is 15.6. The van der Waals surface area contributed by atoms with Crippen molar-refractivity contribution in [2.75, 3.05) is 0 Å². The topological polar surface area (TPSA) is 89.9 Å². The summed E-state index contributed by atoms with van der Waals surface area (Å²) in [6, 6.07) is 0. The van der Waals surface area contributed by atoms with Gasteiger partial charge in [-0.15, -0.1) is 0 Å². The van der Waals surface area contributed by atoms with Gasteiger partial charge < -0.3 is 14.6 Å². The van der Waals surface area contributed by atoms with Gasteiger partial charge in [0.05, 0.1) is 5.60 Å². The Kier molecular flexibility index (Phi) is 8.00. The zero-order chi connectivity index (χ0) is 30.1. The first kappa shape index (κ1) is 31.3. The molecular weight excluding hydrogens is 504 g/mol. The van der Waals surface area contributed by atoms with Crippen molar-refractivity contribution in [2.24, 2.45) is 45.3 Å². The molecule has 9 atom stereocenters. The number of hydrogen-bond donors (Lipinski definition) is 1. The molecule has 0 bridgehead atoms. The molecule has 0 aliphatic heterocycles. The Morgan fingerprint density at radius 2 is 1.62 bits per heavy atom. The van der Waals surface area contributed by atoms with Gasteiger partial charge in [0.25, 0.3) is 0 Å². The molecular formula is C34H54O6. The van der Waals surface area contributed by atoms with Crippen molar-refractivity contribution in [2.45, 2.75) is 138 Å². The van der Waals surface area contributed by atoms with Crippen LogP contribution < -0.4 is 0 Å². The lowest BCUT2D eigenvalue weighted by molar-refractivity contribution is -0.174. The van der Waals surface area contributed by atoms with Gasteiger partial charge in [-0.25, -0.2) is 0 Å². The molecule has 4 rings (SSSR count). The smallest absolute Gasteiger partial charge is 0.303 e. The normalized spacial score (nSPS) is 39.1. The molecule has 0 aromatic heterocycles. The molecule has 0 aromatic rings. The minimum Gasteiger partial charge on any atom is -0.462 e. The fraction of sp³-hybridized carbons (Fsp3) is 0.853. The Labute approximate surface area is 242 Å². The van der Waals surface area contributed by atoms with Gasteiger partial charge >= 0.3 is 11.9 Å². The molecule has 0 saturated heterocycles. The average molecular weight is 559 g/mol. The summed E-state index contributed by atoms with van der Waals surface area (Å²) in [5.41, 5.74) is 0.124. The Hall–Kier alpha value is -1.69. The van der Waals surface area contributed by atoms with E-state index in [-0.39, 0.29) is 40.0 Å². The second kappa shape index (κ2) is 10.2. The highest BCUT2D eigenvalue weighted by molar-refractivity contribution is 5.88. The van der Waals surface area contributed by atoms with E-state index in [4.69, 9.17) is 9.47 Å². The minimum atomic E-state index is -1.26. The molecule has 0 amide bonds. The molecule has 0 radical (unpaired) electrons. The average Bonchev–Trinajstić information content (AvgIpc) is 3.10. The Balaban J connectivity index is 1.65. The molecule has 3 fully saturated rings. The summed E-state index contributed by atoms with van der Waals surface area (Å²) >= 11 is 0. The number of Topliss-reactive ketones (excluding diaryl/α,β-unsaturated/α-hetero) is 1. The molecule has 1 N–H and O–H groups in total. The maximum Gasteiger partial charge on any atom is 0.303 e. The zero-order valence-corrected chi connectivity index (χ0v) is 26.7. The van der Waals surface area contributed by atoms with E-state index in [9.17, 15) is 19.5 Å². The van der Waals surface area contributed by atoms with E-state index in [0.717, 1.165) is 38.5 Å². The van der Waals surface area contributed by atoms with Crippen molar-refractivity contribution < 1.29 is 29.0 Å². The summed E-state index contributed by atoms with van der Waals surface area (Å²) < 4.78 is 11.5. The second-order valence-corrected chi connectivity index (χ2v) is 15.6. The molecule has 0 heterocycles. The fourth-order valence-corrected chi connectivity index (χ4v) is 10.1. The lowest BCUT2D eigenvalue weighted by atomic mass is 9.39. The third-order valence-corrected chi connectivity index (χ3v) is 12.8. The van der Waals surface area contributed by atoms with Gasteiger partial charge in [-0.2, -0.15) is 0 Å². The maximum absolute atomic E-state index is 12.9. The first-order valence-electron chi connectivity index (χ1n) is 15.6. The van der Waals surface area contributed by atoms with Gasteiger partial charge in [0, 0.05) is 32.1 Å². The second-order valence-electron chi connectivity index (χ2n) is 15.6. The summed E-state index contributed by atoms with van der Waals surface area (Å²) in [7, 11) is 0. The van der Waals surface area contributed by atoms with E-state index in [0.29, 0.717) is 30.0 Å². The molecule has 0 aromatic carbocycles. The van der Waals surface area contributed by atoms with Crippen LogP contribution in [-0.2, 0) is 23.9 Å². The van der Waals surface area contributed by atoms with Crippen molar-refractivity contribution in [3.8, 4) is 0 Å². The Morgan fingerprint density at radius 3 is 2.20 bits per heavy atom. The molecule has 6 heteroatoms. The molecule has 4 aliphatic rings. The van der Waals surface area contributed by atoms with Crippen LogP contribution in [-0.4, -0.2) is 40.6 Å². The van der Waals surface area contributed by atoms with Crippen LogP contribution in [0, 0.1) is 45.3 Å². The number of allylic oxidation sites excluding steroid dienone is 2. The monoisotopic (exact) mass is 558 g/mol. The number of ether oxygens (including phenoxy) is 2. The number of carbonyl (C=O) groups excluding carboxylic acids is 3. The summed E-state index contributed by atoms with van der Waals surface area (Å²) in [5.74, 6) is 0.949. The van der Waals surface area contributed by atoms with Crippen LogP contribution in [0.1, 0.15) is 121 Å². The first-order chi connectivity index (χ1) is 18.3. The van der Waals surface area contributed by atoms with E-state index in [1.807, 2.05) is 0 Å². The van der Waals surface area contributed by atoms with Crippen LogP contribution in [0.5, 0.6) is 0 Å². The SMILES string of the molecule is CC(=O)OC(CC(OC(C)=O)C(C)(C)O)C(C)C1CCC2(C)C3CC=C4C(CCC(=O)C4(C)C)C3(C)CCC12C. The van der Waals surface area contributed by atoms with Crippen LogP contribution in [0.15, 0.2) is 11.6 Å². The molecule has 4 aliphatic carbocycles. The molecule has 0 spiro atoms. The van der Waals surface area contributed by atoms with E-state index >= 15 is 0 Å². The van der Waals surface area contributed by atoms with Gasteiger partial charge in [0.15, 0.2) is 0 Å². The molecule has 6 nitrogen and oxygen atoms in total. The number of fused-ring (bicyclic) bond motifs is 5. The Morgan fingerprint density at radius 1 is 1.00 bits per heavy atom. The van der Waals surface area contributed by atoms with Gasteiger partial charge in [-0.1, -0.05) is 39.3 Å². The van der Waals surface area contributed by atoms with Crippen molar-refractivity contribution in [1.29, 1.82) is 0 Å². The predicted octanol–water partition coefficient (Wildman–Crippen LogP) is 6.82. The third-order valence-electron chi connectivity index (χ3n) is 12.8. The van der Waals surface area contributed by atoms with E-state index < -0.39 is 23.8 Å². The van der Waals surface area contributed by atoms with Gasteiger partial charge in [0.2, 0.25) is 0 Å². The molecule has 3 saturated carbocycles. The number of rotatable bonds is 7. The molecule has 226 valence electrons. The standard InChI is InChI=1S/C34H54O6/c1-20(26(39-21(2)35)19-29(31(6,7)38)40-22(3)36)23-15-16-34(10)27-13-11-24-25(12-14-28(37)30(24,4)5)32(27,8)17-18-33(23,34)9/h11,20,23,25-27,29,38H,12-19H2,1-10H3. The summed E-state index contributed by atoms with van der Waals surface area (Å²) in [4.78, 5) is 37.0. The minimum absolute atomic E-state index is 0.0430. The van der Waals surface area contributed by atoms with E-state index in [1.54, 1.807) is 13.8 Å². The quantitative estimate of drug-likeness (QED) is 0.272. The summed E-state index contributed by atoms with van der Waals surface area (Å²) in [6.07, 6.45) is 8.57. The summed E-state index contributed by atoms with van der Waals surface area (Å²) in [6.45, 7) is 20.0. The molecule has 40 heavy (non-hydrogen) atoms. The Bertz CT molecular complexity index is 1070. The number of hydrogen-bond acceptors (Lipinski definition) is 6. The number of esters is 2. The lowest BCUT2D eigenvalue weighted by Crippen LogP contribution is -2.59. The van der Waals surface area contributed by atoms with Crippen LogP contribution in [0.4, 0.5) is 0 Å². The van der Waals surface area contributed by atoms with E-state index in [1.165, 1.54) is 19.4 Å². The van der Waals surface area contributed by atoms with Gasteiger partial charge in [-0.05, 0) is 106 Å². The summed E-state index contributed by atoms with van der Waals surface area (Å²) in [5, 5.41) is 10.8.